The number of rotatable bonds is 6. The van der Waals surface area contributed by atoms with Crippen molar-refractivity contribution in [3.63, 3.8) is 0 Å². The first-order valence-electron chi connectivity index (χ1n) is 5.64. The molecule has 5 nitrogen and oxygen atoms in total. The zero-order valence-corrected chi connectivity index (χ0v) is 10.5. The molecule has 0 spiro atoms. The van der Waals surface area contributed by atoms with Gasteiger partial charge in [0, 0.05) is 6.21 Å². The van der Waals surface area contributed by atoms with E-state index in [1.807, 2.05) is 6.92 Å². The Morgan fingerprint density at radius 1 is 1.32 bits per heavy atom. The molecule has 0 aromatic heterocycles. The van der Waals surface area contributed by atoms with Crippen molar-refractivity contribution in [3.05, 3.63) is 54.1 Å². The third-order valence-electron chi connectivity index (χ3n) is 2.11. The van der Waals surface area contributed by atoms with Gasteiger partial charge in [-0.2, -0.15) is 5.10 Å². The van der Waals surface area contributed by atoms with E-state index < -0.39 is 5.97 Å². The van der Waals surface area contributed by atoms with E-state index in [-0.39, 0.29) is 5.56 Å². The molecule has 0 saturated heterocycles. The predicted molar refractivity (Wildman–Crippen MR) is 77.2 cm³/mol. The molecule has 0 unspecified atom stereocenters. The molecule has 0 fully saturated rings. The number of carboxylic acids is 1. The number of carbonyl (C=O) groups is 1. The molecular weight excluding hydrogens is 242 g/mol. The van der Waals surface area contributed by atoms with Gasteiger partial charge in [0.05, 0.1) is 17.0 Å². The Kier molecular flexibility index (Phi) is 5.75. The molecule has 0 aliphatic rings. The van der Waals surface area contributed by atoms with E-state index in [2.05, 4.69) is 10.5 Å². The number of hydrogen-bond donors (Lipinski definition) is 3. The maximum absolute atomic E-state index is 10.6. The topological polar surface area (TPSA) is 85.5 Å². The first-order valence-corrected chi connectivity index (χ1v) is 5.64. The highest BCUT2D eigenvalue weighted by Gasteiger charge is 2.00. The molecule has 19 heavy (non-hydrogen) atoms. The molecule has 1 rings (SSSR count). The van der Waals surface area contributed by atoms with Crippen LogP contribution in [-0.4, -0.2) is 23.0 Å². The van der Waals surface area contributed by atoms with Crippen LogP contribution in [0.3, 0.4) is 0 Å². The highest BCUT2D eigenvalue weighted by Crippen LogP contribution is 2.09. The monoisotopic (exact) mass is 257 g/mol. The number of nitrogens with zero attached hydrogens (tertiary/aromatic N) is 1. The zero-order chi connectivity index (χ0) is 14.1. The Bertz CT molecular complexity index is 528. The van der Waals surface area contributed by atoms with Crippen molar-refractivity contribution in [2.75, 3.05) is 5.43 Å². The first-order chi connectivity index (χ1) is 9.13. The van der Waals surface area contributed by atoms with E-state index >= 15 is 0 Å². The minimum atomic E-state index is -0.958. The maximum Gasteiger partial charge on any atom is 0.335 e. The molecule has 0 aliphatic heterocycles. The van der Waals surface area contributed by atoms with Gasteiger partial charge in [0.2, 0.25) is 0 Å². The second kappa shape index (κ2) is 7.60. The van der Waals surface area contributed by atoms with Crippen molar-refractivity contribution in [2.45, 2.75) is 6.92 Å². The highest BCUT2D eigenvalue weighted by molar-refractivity contribution is 6.03. The normalized spacial score (nSPS) is 11.4. The van der Waals surface area contributed by atoms with Gasteiger partial charge in [-0.15, -0.1) is 0 Å². The fourth-order valence-corrected chi connectivity index (χ4v) is 1.22. The van der Waals surface area contributed by atoms with Crippen molar-refractivity contribution < 1.29 is 9.90 Å². The quantitative estimate of drug-likeness (QED) is 0.541. The molecular formula is C14H15N3O2. The number of benzene rings is 1. The molecule has 98 valence electrons. The third-order valence-corrected chi connectivity index (χ3v) is 2.11. The van der Waals surface area contributed by atoms with Crippen LogP contribution in [0.25, 0.3) is 0 Å². The van der Waals surface area contributed by atoms with Gasteiger partial charge in [0.25, 0.3) is 0 Å². The van der Waals surface area contributed by atoms with Crippen LogP contribution < -0.4 is 5.43 Å². The van der Waals surface area contributed by atoms with E-state index in [0.29, 0.717) is 11.4 Å². The summed E-state index contributed by atoms with van der Waals surface area (Å²) < 4.78 is 0. The summed E-state index contributed by atoms with van der Waals surface area (Å²) in [5, 5.41) is 20.1. The van der Waals surface area contributed by atoms with Crippen LogP contribution >= 0.6 is 0 Å². The van der Waals surface area contributed by atoms with Gasteiger partial charge in [-0.25, -0.2) is 4.79 Å². The van der Waals surface area contributed by atoms with Gasteiger partial charge in [0.15, 0.2) is 0 Å². The maximum atomic E-state index is 10.6. The lowest BCUT2D eigenvalue weighted by molar-refractivity contribution is 0.0697. The Morgan fingerprint density at radius 2 is 2.00 bits per heavy atom. The van der Waals surface area contributed by atoms with Gasteiger partial charge >= 0.3 is 5.97 Å². The molecule has 0 atom stereocenters. The van der Waals surface area contributed by atoms with E-state index in [1.54, 1.807) is 36.4 Å². The molecule has 0 aliphatic carbocycles. The summed E-state index contributed by atoms with van der Waals surface area (Å²) in [5.74, 6) is -0.958. The summed E-state index contributed by atoms with van der Waals surface area (Å²) in [6.45, 7) is 1.85. The number of aromatic carboxylic acids is 1. The Balaban J connectivity index is 2.48. The van der Waals surface area contributed by atoms with Crippen LogP contribution in [0.15, 0.2) is 53.7 Å². The van der Waals surface area contributed by atoms with E-state index in [9.17, 15) is 4.79 Å². The lowest BCUT2D eigenvalue weighted by atomic mass is 10.2. The van der Waals surface area contributed by atoms with Crippen LogP contribution in [0.2, 0.25) is 0 Å². The molecule has 0 saturated carbocycles. The van der Waals surface area contributed by atoms with Crippen LogP contribution in [0, 0.1) is 5.41 Å². The molecule has 1 aromatic rings. The second-order valence-corrected chi connectivity index (χ2v) is 3.59. The molecule has 0 radical (unpaired) electrons. The van der Waals surface area contributed by atoms with Crippen LogP contribution in [-0.2, 0) is 0 Å². The number of hydrazone groups is 1. The van der Waals surface area contributed by atoms with E-state index in [4.69, 9.17) is 10.5 Å². The Morgan fingerprint density at radius 3 is 2.58 bits per heavy atom. The van der Waals surface area contributed by atoms with Crippen molar-refractivity contribution in [2.24, 2.45) is 5.10 Å². The summed E-state index contributed by atoms with van der Waals surface area (Å²) in [6.07, 6.45) is 8.22. The second-order valence-electron chi connectivity index (χ2n) is 3.59. The molecule has 5 heteroatoms. The minimum Gasteiger partial charge on any atom is -0.478 e. The predicted octanol–water partition coefficient (Wildman–Crippen LogP) is 2.93. The first kappa shape index (κ1) is 14.4. The van der Waals surface area contributed by atoms with Crippen molar-refractivity contribution >= 4 is 23.6 Å². The molecule has 3 N–H and O–H groups in total. The molecule has 0 amide bonds. The molecule has 0 bridgehead atoms. The molecule has 0 heterocycles. The Hall–Kier alpha value is -2.69. The van der Waals surface area contributed by atoms with Crippen molar-refractivity contribution in [1.29, 1.82) is 5.41 Å². The van der Waals surface area contributed by atoms with Gasteiger partial charge in [0.1, 0.15) is 0 Å². The Labute approximate surface area is 111 Å². The van der Waals surface area contributed by atoms with Gasteiger partial charge in [-0.3, -0.25) is 5.43 Å². The van der Waals surface area contributed by atoms with Crippen LogP contribution in [0.1, 0.15) is 17.3 Å². The number of anilines is 1. The standard InChI is InChI=1S/C14H15N3O2/c1-2-4-12(15)5-3-10-16-17-13-8-6-11(7-9-13)14(18)19/h2-10,15,17H,1H3,(H,18,19)/b4-2-,5-3?,15-12?,16-10?. The fourth-order valence-electron chi connectivity index (χ4n) is 1.22. The van der Waals surface area contributed by atoms with Gasteiger partial charge in [-0.05, 0) is 49.4 Å². The largest absolute Gasteiger partial charge is 0.478 e. The number of allylic oxidation sites excluding steroid dienone is 4. The van der Waals surface area contributed by atoms with Crippen LogP contribution in [0.5, 0.6) is 0 Å². The smallest absolute Gasteiger partial charge is 0.335 e. The lowest BCUT2D eigenvalue weighted by Gasteiger charge is -1.99. The third kappa shape index (κ3) is 5.45. The summed E-state index contributed by atoms with van der Waals surface area (Å²) in [7, 11) is 0. The minimum absolute atomic E-state index is 0.231. The van der Waals surface area contributed by atoms with Crippen molar-refractivity contribution in [1.82, 2.24) is 0 Å². The number of hydrogen-bond acceptors (Lipinski definition) is 4. The van der Waals surface area contributed by atoms with E-state index in [1.165, 1.54) is 18.3 Å². The lowest BCUT2D eigenvalue weighted by Crippen LogP contribution is -1.96. The van der Waals surface area contributed by atoms with Crippen molar-refractivity contribution in [3.8, 4) is 0 Å². The van der Waals surface area contributed by atoms with Crippen LogP contribution in [0.4, 0.5) is 5.69 Å². The SMILES string of the molecule is C/C=C\C(=N)C=CC=NNc1ccc(C(=O)O)cc1. The van der Waals surface area contributed by atoms with Gasteiger partial charge in [-0.1, -0.05) is 6.08 Å². The number of carboxylic acid groups (broad SMARTS) is 1. The summed E-state index contributed by atoms with van der Waals surface area (Å²) in [4.78, 5) is 10.6. The average molecular weight is 257 g/mol. The fraction of sp³-hybridized carbons (Fsp3) is 0.0714. The average Bonchev–Trinajstić information content (AvgIpc) is 2.39. The highest BCUT2D eigenvalue weighted by atomic mass is 16.4. The van der Waals surface area contributed by atoms with E-state index in [0.717, 1.165) is 0 Å². The van der Waals surface area contributed by atoms with Gasteiger partial charge < -0.3 is 10.5 Å². The summed E-state index contributed by atoms with van der Waals surface area (Å²) in [5.41, 5.74) is 4.07. The summed E-state index contributed by atoms with van der Waals surface area (Å²) >= 11 is 0. The zero-order valence-electron chi connectivity index (χ0n) is 10.5. The molecule has 1 aromatic carbocycles. The number of nitrogens with one attached hydrogen (secondary N) is 2. The summed E-state index contributed by atoms with van der Waals surface area (Å²) in [6, 6.07) is 6.26.